The first kappa shape index (κ1) is 52.8. The molecule has 0 rings (SSSR count). The molecule has 2 unspecified atom stereocenters. The van der Waals surface area contributed by atoms with E-state index in [1.807, 2.05) is 21.1 Å². The Labute approximate surface area is 337 Å². The Morgan fingerprint density at radius 2 is 0.927 bits per heavy atom. The largest absolute Gasteiger partial charge is 0.477 e. The van der Waals surface area contributed by atoms with Crippen LogP contribution in [0.5, 0.6) is 0 Å². The van der Waals surface area contributed by atoms with Gasteiger partial charge in [0.15, 0.2) is 6.10 Å². The number of carboxylic acid groups (broad SMARTS) is 1. The second-order valence-electron chi connectivity index (χ2n) is 16.4. The first-order chi connectivity index (χ1) is 26.6. The lowest BCUT2D eigenvalue weighted by Gasteiger charge is -2.25. The predicted octanol–water partition coefficient (Wildman–Crippen LogP) is 11.7. The van der Waals surface area contributed by atoms with Crippen LogP contribution in [-0.4, -0.2) is 87.4 Å². The van der Waals surface area contributed by atoms with Crippen LogP contribution >= 0.6 is 0 Å². The molecule has 0 aliphatic heterocycles. The Morgan fingerprint density at radius 3 is 1.35 bits per heavy atom. The van der Waals surface area contributed by atoms with Gasteiger partial charge in [-0.2, -0.15) is 0 Å². The highest BCUT2D eigenvalue weighted by atomic mass is 16.7. The summed E-state index contributed by atoms with van der Waals surface area (Å²) in [5.74, 6) is -2.02. The Hall–Kier alpha value is -2.23. The van der Waals surface area contributed by atoms with Crippen LogP contribution in [0.3, 0.4) is 0 Å². The fourth-order valence-corrected chi connectivity index (χ4v) is 6.12. The standard InChI is InChI=1S/C46H85NO8/c1-6-8-10-12-14-16-18-20-22-23-25-27-29-31-33-35-37-44(49)55-42(41-54-46(45(50)51)52-39-38-47(3,4)5)40-53-43(48)36-34-32-30-28-26-24-21-19-17-15-13-11-9-7-2/h19,21-23,42,46H,6-18,20,24-41H2,1-5H3/p+1/b21-19-,23-22-. The van der Waals surface area contributed by atoms with E-state index in [1.54, 1.807) is 0 Å². The molecule has 0 heterocycles. The van der Waals surface area contributed by atoms with Crippen molar-refractivity contribution < 1.29 is 42.9 Å². The summed E-state index contributed by atoms with van der Waals surface area (Å²) in [6.07, 6.45) is 38.0. The molecule has 0 bridgehead atoms. The molecule has 9 heteroatoms. The first-order valence-electron chi connectivity index (χ1n) is 22.5. The molecule has 1 N–H and O–H groups in total. The average Bonchev–Trinajstić information content (AvgIpc) is 3.14. The number of esters is 2. The third kappa shape index (κ3) is 39.8. The fraction of sp³-hybridized carbons (Fsp3) is 0.848. The molecule has 0 saturated carbocycles. The molecule has 2 atom stereocenters. The van der Waals surface area contributed by atoms with Gasteiger partial charge in [0.05, 0.1) is 34.4 Å². The van der Waals surface area contributed by atoms with E-state index in [0.29, 0.717) is 23.9 Å². The molecule has 322 valence electrons. The first-order valence-corrected chi connectivity index (χ1v) is 22.5. The SMILES string of the molecule is CCCCCCC/C=C\CCCCCCCC(=O)OCC(COC(OCC[N+](C)(C)C)C(=O)O)OC(=O)CCCCCCC/C=C\CCCCCCCCC. The number of hydrogen-bond donors (Lipinski definition) is 1. The van der Waals surface area contributed by atoms with E-state index in [0.717, 1.165) is 70.6 Å². The van der Waals surface area contributed by atoms with Crippen molar-refractivity contribution in [3.63, 3.8) is 0 Å². The molecule has 0 spiro atoms. The summed E-state index contributed by atoms with van der Waals surface area (Å²) >= 11 is 0. The van der Waals surface area contributed by atoms with E-state index in [2.05, 4.69) is 38.2 Å². The van der Waals surface area contributed by atoms with Crippen molar-refractivity contribution in [2.75, 3.05) is 47.5 Å². The van der Waals surface area contributed by atoms with E-state index >= 15 is 0 Å². The van der Waals surface area contributed by atoms with Gasteiger partial charge in [-0.15, -0.1) is 0 Å². The second-order valence-corrected chi connectivity index (χ2v) is 16.4. The molecule has 0 amide bonds. The van der Waals surface area contributed by atoms with E-state index < -0.39 is 24.3 Å². The molecule has 0 radical (unpaired) electrons. The summed E-state index contributed by atoms with van der Waals surface area (Å²) < 4.78 is 22.7. The number of hydrogen-bond acceptors (Lipinski definition) is 7. The van der Waals surface area contributed by atoms with Crippen molar-refractivity contribution in [3.8, 4) is 0 Å². The third-order valence-corrected chi connectivity index (χ3v) is 9.68. The summed E-state index contributed by atoms with van der Waals surface area (Å²) in [5, 5.41) is 9.63. The van der Waals surface area contributed by atoms with E-state index in [9.17, 15) is 19.5 Å². The zero-order valence-corrected chi connectivity index (χ0v) is 36.3. The third-order valence-electron chi connectivity index (χ3n) is 9.68. The number of carbonyl (C=O) groups excluding carboxylic acids is 2. The summed E-state index contributed by atoms with van der Waals surface area (Å²) in [6, 6.07) is 0. The Morgan fingerprint density at radius 1 is 0.527 bits per heavy atom. The van der Waals surface area contributed by atoms with Crippen molar-refractivity contribution in [2.45, 2.75) is 206 Å². The number of rotatable bonds is 41. The molecule has 0 aromatic rings. The van der Waals surface area contributed by atoms with Gasteiger partial charge >= 0.3 is 17.9 Å². The number of carboxylic acids is 1. The number of likely N-dealkylation sites (N-methyl/N-ethyl adjacent to an activating group) is 1. The minimum absolute atomic E-state index is 0.186. The number of aliphatic carboxylic acids is 1. The normalized spacial score (nSPS) is 13.1. The van der Waals surface area contributed by atoms with Crippen molar-refractivity contribution in [1.82, 2.24) is 0 Å². The molecule has 0 aromatic carbocycles. The quantitative estimate of drug-likeness (QED) is 0.0215. The number of unbranched alkanes of at least 4 members (excludes halogenated alkanes) is 22. The fourth-order valence-electron chi connectivity index (χ4n) is 6.12. The average molecular weight is 781 g/mol. The lowest BCUT2D eigenvalue weighted by atomic mass is 10.1. The summed E-state index contributed by atoms with van der Waals surface area (Å²) in [7, 11) is 5.95. The van der Waals surface area contributed by atoms with Crippen LogP contribution in [0.1, 0.15) is 194 Å². The molecular weight excluding hydrogens is 695 g/mol. The zero-order valence-electron chi connectivity index (χ0n) is 36.3. The van der Waals surface area contributed by atoms with Gasteiger partial charge in [0, 0.05) is 12.8 Å². The lowest BCUT2D eigenvalue weighted by Crippen LogP contribution is -2.40. The highest BCUT2D eigenvalue weighted by molar-refractivity contribution is 5.71. The molecule has 0 aliphatic carbocycles. The van der Waals surface area contributed by atoms with Crippen LogP contribution in [-0.2, 0) is 33.3 Å². The topological polar surface area (TPSA) is 108 Å². The molecule has 55 heavy (non-hydrogen) atoms. The summed E-state index contributed by atoms with van der Waals surface area (Å²) in [4.78, 5) is 37.1. The van der Waals surface area contributed by atoms with Gasteiger partial charge in [0.25, 0.3) is 6.29 Å². The van der Waals surface area contributed by atoms with Gasteiger partial charge in [-0.1, -0.05) is 141 Å². The van der Waals surface area contributed by atoms with Gasteiger partial charge < -0.3 is 28.5 Å². The van der Waals surface area contributed by atoms with Crippen molar-refractivity contribution in [3.05, 3.63) is 24.3 Å². The van der Waals surface area contributed by atoms with Gasteiger partial charge in [-0.05, 0) is 64.2 Å². The Balaban J connectivity index is 4.46. The van der Waals surface area contributed by atoms with Gasteiger partial charge in [0.2, 0.25) is 0 Å². The molecule has 0 aliphatic rings. The van der Waals surface area contributed by atoms with E-state index in [-0.39, 0.29) is 32.2 Å². The van der Waals surface area contributed by atoms with Crippen LogP contribution in [0.15, 0.2) is 24.3 Å². The molecule has 9 nitrogen and oxygen atoms in total. The van der Waals surface area contributed by atoms with E-state index in [4.69, 9.17) is 18.9 Å². The minimum Gasteiger partial charge on any atom is -0.477 e. The number of quaternary nitrogens is 1. The van der Waals surface area contributed by atoms with Crippen molar-refractivity contribution in [2.24, 2.45) is 0 Å². The smallest absolute Gasteiger partial charge is 0.361 e. The zero-order chi connectivity index (χ0) is 40.7. The summed E-state index contributed by atoms with van der Waals surface area (Å²) in [6.45, 7) is 4.84. The van der Waals surface area contributed by atoms with Gasteiger partial charge in [0.1, 0.15) is 13.2 Å². The highest BCUT2D eigenvalue weighted by Crippen LogP contribution is 2.13. The Kier molecular flexibility index (Phi) is 37.1. The Bertz CT molecular complexity index is 960. The van der Waals surface area contributed by atoms with Crippen LogP contribution < -0.4 is 0 Å². The summed E-state index contributed by atoms with van der Waals surface area (Å²) in [5.41, 5.74) is 0. The predicted molar refractivity (Wildman–Crippen MR) is 226 cm³/mol. The molecular formula is C46H86NO8+. The monoisotopic (exact) mass is 781 g/mol. The molecule has 0 aromatic heterocycles. The lowest BCUT2D eigenvalue weighted by molar-refractivity contribution is -0.870. The highest BCUT2D eigenvalue weighted by Gasteiger charge is 2.25. The van der Waals surface area contributed by atoms with Crippen LogP contribution in [0.2, 0.25) is 0 Å². The maximum atomic E-state index is 12.7. The van der Waals surface area contributed by atoms with Crippen LogP contribution in [0, 0.1) is 0 Å². The number of ether oxygens (including phenoxy) is 4. The maximum Gasteiger partial charge on any atom is 0.361 e. The van der Waals surface area contributed by atoms with Crippen molar-refractivity contribution in [1.29, 1.82) is 0 Å². The van der Waals surface area contributed by atoms with Gasteiger partial charge in [-0.25, -0.2) is 4.79 Å². The van der Waals surface area contributed by atoms with Crippen LogP contribution in [0.25, 0.3) is 0 Å². The van der Waals surface area contributed by atoms with E-state index in [1.165, 1.54) is 89.9 Å². The molecule has 0 saturated heterocycles. The van der Waals surface area contributed by atoms with Crippen LogP contribution in [0.4, 0.5) is 0 Å². The minimum atomic E-state index is -1.51. The molecule has 0 fully saturated rings. The second kappa shape index (κ2) is 38.6. The number of allylic oxidation sites excluding steroid dienone is 4. The number of nitrogens with zero attached hydrogens (tertiary/aromatic N) is 1. The maximum absolute atomic E-state index is 12.7. The van der Waals surface area contributed by atoms with Gasteiger partial charge in [-0.3, -0.25) is 9.59 Å². The van der Waals surface area contributed by atoms with Crippen molar-refractivity contribution >= 4 is 17.9 Å². The number of carbonyl (C=O) groups is 3.